The van der Waals surface area contributed by atoms with Crippen molar-refractivity contribution in [2.24, 2.45) is 16.6 Å². The van der Waals surface area contributed by atoms with Crippen molar-refractivity contribution in [2.75, 3.05) is 31.6 Å². The molecule has 1 aliphatic carbocycles. The summed E-state index contributed by atoms with van der Waals surface area (Å²) >= 11 is 0. The van der Waals surface area contributed by atoms with Crippen LogP contribution in [0.3, 0.4) is 0 Å². The SMILES string of the molecule is C=C.C=C(CCN)CCCCCCCCCCCCC.C=CCCN(CCC)CNc1nc2c(c(C)c1N=CC)C=CCC2.CCC(C)C.CCCCCCCCCCCCCC.CCCCCCCCCCCCCC. The number of unbranched alkanes of at least 4 members (excludes halogenated alkanes) is 32. The van der Waals surface area contributed by atoms with E-state index in [-0.39, 0.29) is 0 Å². The minimum Gasteiger partial charge on any atom is -0.355 e. The molecule has 454 valence electrons. The van der Waals surface area contributed by atoms with Crippen molar-refractivity contribution >= 4 is 23.8 Å². The van der Waals surface area contributed by atoms with Crippen LogP contribution in [-0.2, 0) is 6.42 Å². The first-order chi connectivity index (χ1) is 37.6. The maximum Gasteiger partial charge on any atom is 0.153 e. The number of hydrogen-bond acceptors (Lipinski definition) is 5. The Morgan fingerprint density at radius 3 is 1.31 bits per heavy atom. The van der Waals surface area contributed by atoms with Crippen molar-refractivity contribution in [3.05, 3.63) is 60.9 Å². The molecule has 1 heterocycles. The van der Waals surface area contributed by atoms with Gasteiger partial charge in [0.2, 0.25) is 0 Å². The summed E-state index contributed by atoms with van der Waals surface area (Å²) in [5.74, 6) is 1.79. The fourth-order valence-electron chi connectivity index (χ4n) is 9.26. The molecule has 0 atom stereocenters. The monoisotopic (exact) mass is 1080 g/mol. The fraction of sp³-hybridized carbons (Fsp3) is 0.806. The third kappa shape index (κ3) is 59.5. The zero-order valence-electron chi connectivity index (χ0n) is 54.7. The lowest BCUT2D eigenvalue weighted by Gasteiger charge is -2.24. The predicted octanol–water partition coefficient (Wildman–Crippen LogP) is 24.6. The zero-order valence-corrected chi connectivity index (χ0v) is 54.7. The van der Waals surface area contributed by atoms with Gasteiger partial charge < -0.3 is 11.1 Å². The molecule has 0 spiro atoms. The molecule has 3 N–H and O–H groups in total. The summed E-state index contributed by atoms with van der Waals surface area (Å²) in [6.45, 7) is 41.9. The molecule has 77 heavy (non-hydrogen) atoms. The third-order valence-corrected chi connectivity index (χ3v) is 14.7. The van der Waals surface area contributed by atoms with Gasteiger partial charge in [-0.25, -0.2) is 4.98 Å². The van der Waals surface area contributed by atoms with Crippen LogP contribution in [0, 0.1) is 12.8 Å². The van der Waals surface area contributed by atoms with Crippen molar-refractivity contribution in [1.29, 1.82) is 0 Å². The molecule has 0 bridgehead atoms. The normalized spacial score (nSPS) is 11.3. The maximum absolute atomic E-state index is 5.50. The van der Waals surface area contributed by atoms with Crippen LogP contribution in [0.5, 0.6) is 0 Å². The van der Waals surface area contributed by atoms with Crippen LogP contribution in [0.2, 0.25) is 0 Å². The Morgan fingerprint density at radius 2 is 0.987 bits per heavy atom. The van der Waals surface area contributed by atoms with E-state index in [1.165, 1.54) is 260 Å². The first kappa shape index (κ1) is 81.0. The van der Waals surface area contributed by atoms with Gasteiger partial charge in [0.15, 0.2) is 5.82 Å². The number of aliphatic imine (C=N–C) groups is 1. The molecular formula is C72H141N5. The highest BCUT2D eigenvalue weighted by Gasteiger charge is 2.17. The Balaban J connectivity index is -0.000000453. The number of nitrogens with zero attached hydrogens (tertiary/aromatic N) is 3. The highest BCUT2D eigenvalue weighted by atomic mass is 15.2. The van der Waals surface area contributed by atoms with Gasteiger partial charge in [0.25, 0.3) is 0 Å². The summed E-state index contributed by atoms with van der Waals surface area (Å²) in [4.78, 5) is 11.9. The summed E-state index contributed by atoms with van der Waals surface area (Å²) in [6, 6.07) is 0. The van der Waals surface area contributed by atoms with Crippen LogP contribution in [-0.4, -0.2) is 42.4 Å². The number of nitrogens with two attached hydrogens (primary N) is 1. The number of fused-ring (bicyclic) bond motifs is 1. The summed E-state index contributed by atoms with van der Waals surface area (Å²) in [6.07, 6.45) is 66.3. The van der Waals surface area contributed by atoms with Gasteiger partial charge in [-0.3, -0.25) is 9.89 Å². The van der Waals surface area contributed by atoms with Gasteiger partial charge in [0.1, 0.15) is 5.69 Å². The minimum atomic E-state index is 0.761. The summed E-state index contributed by atoms with van der Waals surface area (Å²) < 4.78 is 0. The van der Waals surface area contributed by atoms with Crippen LogP contribution in [0.4, 0.5) is 11.5 Å². The number of aromatic nitrogens is 1. The summed E-state index contributed by atoms with van der Waals surface area (Å²) in [7, 11) is 0. The van der Waals surface area contributed by atoms with Crippen molar-refractivity contribution in [3.63, 3.8) is 0 Å². The number of hydrogen-bond donors (Lipinski definition) is 2. The van der Waals surface area contributed by atoms with Crippen molar-refractivity contribution < 1.29 is 0 Å². The average molecular weight is 1080 g/mol. The van der Waals surface area contributed by atoms with Crippen molar-refractivity contribution in [3.8, 4) is 0 Å². The second-order valence-corrected chi connectivity index (χ2v) is 22.6. The molecule has 0 aromatic carbocycles. The molecule has 5 nitrogen and oxygen atoms in total. The molecule has 1 aliphatic rings. The minimum absolute atomic E-state index is 0.761. The van der Waals surface area contributed by atoms with Crippen molar-refractivity contribution in [1.82, 2.24) is 9.88 Å². The second kappa shape index (κ2) is 69.6. The quantitative estimate of drug-likeness (QED) is 0.0296. The third-order valence-electron chi connectivity index (χ3n) is 14.7. The summed E-state index contributed by atoms with van der Waals surface area (Å²) in [5.41, 5.74) is 11.4. The highest BCUT2D eigenvalue weighted by molar-refractivity contribution is 5.77. The van der Waals surface area contributed by atoms with Crippen LogP contribution >= 0.6 is 0 Å². The predicted molar refractivity (Wildman–Crippen MR) is 359 cm³/mol. The highest BCUT2D eigenvalue weighted by Crippen LogP contribution is 2.34. The van der Waals surface area contributed by atoms with E-state index in [9.17, 15) is 0 Å². The molecule has 2 rings (SSSR count). The molecule has 0 amide bonds. The number of pyridine rings is 1. The summed E-state index contributed by atoms with van der Waals surface area (Å²) in [5, 5.41) is 3.53. The van der Waals surface area contributed by atoms with Crippen LogP contribution in [0.1, 0.15) is 349 Å². The zero-order chi connectivity index (χ0) is 58.1. The number of aryl methyl sites for hydroxylation is 1. The van der Waals surface area contributed by atoms with E-state index in [0.717, 1.165) is 75.8 Å². The van der Waals surface area contributed by atoms with Gasteiger partial charge >= 0.3 is 0 Å². The number of anilines is 1. The Morgan fingerprint density at radius 1 is 0.610 bits per heavy atom. The van der Waals surface area contributed by atoms with E-state index >= 15 is 0 Å². The average Bonchev–Trinajstić information content (AvgIpc) is 3.44. The van der Waals surface area contributed by atoms with E-state index < -0.39 is 0 Å². The first-order valence-corrected chi connectivity index (χ1v) is 33.7. The Hall–Kier alpha value is -2.50. The van der Waals surface area contributed by atoms with E-state index in [0.29, 0.717) is 0 Å². The van der Waals surface area contributed by atoms with Gasteiger partial charge in [-0.15, -0.1) is 19.7 Å². The lowest BCUT2D eigenvalue weighted by atomic mass is 9.97. The molecule has 0 fully saturated rings. The standard InChI is InChI=1S/C20H30N4.C17H35N.2C14H30.C5H12.C2H4/c1-5-8-14-24(13-6-2)15-22-20-19(21-7-3)16(4)17-11-9-10-12-18(17)23-20;1-3-4-5-6-7-8-9-10-11-12-13-14-17(2)15-16-18;2*1-3-5-7-9-11-13-14-12-10-8-6-4-2;1-4-5(2)3;1-2/h5,7,9,11H,1,6,8,10,12-15H2,2-4H3,(H,22,23);2-16,18H2,1H3;2*3-14H2,1-2H3;5H,4H2,1-3H3;1-2H2. The van der Waals surface area contributed by atoms with Crippen LogP contribution in [0.15, 0.2) is 49.0 Å². The molecule has 0 unspecified atom stereocenters. The van der Waals surface area contributed by atoms with E-state index in [4.69, 9.17) is 10.7 Å². The molecule has 0 saturated heterocycles. The number of nitrogens with one attached hydrogen (secondary N) is 1. The lowest BCUT2D eigenvalue weighted by molar-refractivity contribution is 0.298. The molecule has 5 heteroatoms. The van der Waals surface area contributed by atoms with Crippen LogP contribution < -0.4 is 11.1 Å². The topological polar surface area (TPSA) is 66.5 Å². The Labute approximate surface area is 486 Å². The van der Waals surface area contributed by atoms with Gasteiger partial charge in [0.05, 0.1) is 12.4 Å². The van der Waals surface area contributed by atoms with Crippen molar-refractivity contribution in [2.45, 2.75) is 346 Å². The lowest BCUT2D eigenvalue weighted by Crippen LogP contribution is -2.31. The van der Waals surface area contributed by atoms with E-state index in [1.54, 1.807) is 0 Å². The Kier molecular flexibility index (Phi) is 73.2. The Bertz CT molecular complexity index is 1330. The molecule has 0 saturated carbocycles. The molecule has 1 aromatic heterocycles. The number of allylic oxidation sites excluding steroid dienone is 1. The van der Waals surface area contributed by atoms with Gasteiger partial charge in [-0.05, 0) is 83.4 Å². The van der Waals surface area contributed by atoms with Gasteiger partial charge in [-0.2, -0.15) is 0 Å². The number of rotatable bonds is 46. The molecule has 0 aliphatic heterocycles. The second-order valence-electron chi connectivity index (χ2n) is 22.6. The largest absolute Gasteiger partial charge is 0.355 e. The van der Waals surface area contributed by atoms with Crippen LogP contribution in [0.25, 0.3) is 6.08 Å². The maximum atomic E-state index is 5.50. The first-order valence-electron chi connectivity index (χ1n) is 33.7. The van der Waals surface area contributed by atoms with Gasteiger partial charge in [0, 0.05) is 18.3 Å². The smallest absolute Gasteiger partial charge is 0.153 e. The molecule has 0 radical (unpaired) electrons. The molecular weight excluding hydrogens is 935 g/mol. The molecule has 1 aromatic rings. The van der Waals surface area contributed by atoms with E-state index in [2.05, 4.69) is 123 Å². The van der Waals surface area contributed by atoms with Gasteiger partial charge in [-0.1, -0.05) is 317 Å². The fourth-order valence-corrected chi connectivity index (χ4v) is 9.26. The van der Waals surface area contributed by atoms with E-state index in [1.807, 2.05) is 19.2 Å².